The topological polar surface area (TPSA) is 24.8 Å². The first-order chi connectivity index (χ1) is 4.42. The van der Waals surface area contributed by atoms with Crippen molar-refractivity contribution in [1.82, 2.24) is 4.90 Å². The van der Waals surface area contributed by atoms with Crippen LogP contribution in [-0.2, 0) is 4.84 Å². The van der Waals surface area contributed by atoms with E-state index in [-0.39, 0.29) is 0 Å². The number of hydrogen-bond donors (Lipinski definition) is 0. The van der Waals surface area contributed by atoms with Gasteiger partial charge in [-0.3, -0.25) is 4.84 Å². The van der Waals surface area contributed by atoms with Crippen LogP contribution in [0.4, 0.5) is 13.2 Å². The predicted molar refractivity (Wildman–Crippen MR) is 29.3 cm³/mol. The molecule has 0 aromatic carbocycles. The van der Waals surface area contributed by atoms with Crippen LogP contribution in [-0.4, -0.2) is 31.7 Å². The summed E-state index contributed by atoms with van der Waals surface area (Å²) in [5.74, 6) is 0. The van der Waals surface area contributed by atoms with Crippen LogP contribution in [0.15, 0.2) is 5.16 Å². The Labute approximate surface area is 56.1 Å². The lowest BCUT2D eigenvalue weighted by Crippen LogP contribution is -2.13. The van der Waals surface area contributed by atoms with Crippen LogP contribution in [0.1, 0.15) is 0 Å². The maximum atomic E-state index is 11.2. The van der Waals surface area contributed by atoms with Gasteiger partial charge in [0.2, 0.25) is 0 Å². The molecule has 0 fully saturated rings. The Balaban J connectivity index is 3.54. The van der Waals surface area contributed by atoms with Crippen molar-refractivity contribution in [2.45, 2.75) is 6.36 Å². The molecule has 0 amide bonds. The van der Waals surface area contributed by atoms with Crippen LogP contribution < -0.4 is 0 Å². The summed E-state index contributed by atoms with van der Waals surface area (Å²) in [7, 11) is 3.06. The number of oxime groups is 1. The lowest BCUT2D eigenvalue weighted by Gasteiger charge is -2.03. The van der Waals surface area contributed by atoms with Crippen LogP contribution >= 0.6 is 0 Å². The average molecular weight is 156 g/mol. The molecule has 10 heavy (non-hydrogen) atoms. The standard InChI is InChI=1S/C4H7F3N2O/c1-9(2)3-8-10-4(5,6)7/h3H,1-2H3/b8-3-. The van der Waals surface area contributed by atoms with Crippen LogP contribution in [0.2, 0.25) is 0 Å². The molecule has 0 aliphatic carbocycles. The fraction of sp³-hybridized carbons (Fsp3) is 0.750. The third-order valence-electron chi connectivity index (χ3n) is 0.434. The molecular weight excluding hydrogens is 149 g/mol. The molecule has 0 aromatic rings. The van der Waals surface area contributed by atoms with Crippen molar-refractivity contribution >= 4 is 6.34 Å². The molecule has 60 valence electrons. The minimum absolute atomic E-state index is 0.910. The van der Waals surface area contributed by atoms with Gasteiger partial charge in [-0.2, -0.15) is 0 Å². The lowest BCUT2D eigenvalue weighted by molar-refractivity contribution is -0.325. The molecule has 0 aromatic heterocycles. The molecule has 0 N–H and O–H groups in total. The van der Waals surface area contributed by atoms with Gasteiger partial charge < -0.3 is 4.90 Å². The summed E-state index contributed by atoms with van der Waals surface area (Å²) in [5.41, 5.74) is 0. The summed E-state index contributed by atoms with van der Waals surface area (Å²) in [6.07, 6.45) is -3.78. The van der Waals surface area contributed by atoms with E-state index < -0.39 is 6.36 Å². The van der Waals surface area contributed by atoms with Gasteiger partial charge in [-0.25, -0.2) is 0 Å². The van der Waals surface area contributed by atoms with E-state index in [9.17, 15) is 13.2 Å². The summed E-state index contributed by atoms with van der Waals surface area (Å²) in [6, 6.07) is 0. The van der Waals surface area contributed by atoms with E-state index in [0.717, 1.165) is 6.34 Å². The van der Waals surface area contributed by atoms with E-state index >= 15 is 0 Å². The van der Waals surface area contributed by atoms with E-state index in [4.69, 9.17) is 0 Å². The second-order valence-corrected chi connectivity index (χ2v) is 1.72. The third kappa shape index (κ3) is 7.06. The average Bonchev–Trinajstić information content (AvgIpc) is 1.59. The normalized spacial score (nSPS) is 12.1. The zero-order chi connectivity index (χ0) is 8.20. The van der Waals surface area contributed by atoms with E-state index in [0.29, 0.717) is 0 Å². The summed E-state index contributed by atoms with van der Waals surface area (Å²) in [5, 5.41) is 2.62. The monoisotopic (exact) mass is 156 g/mol. The minimum atomic E-state index is -4.69. The fourth-order valence-corrected chi connectivity index (χ4v) is 0.178. The van der Waals surface area contributed by atoms with Gasteiger partial charge >= 0.3 is 6.36 Å². The zero-order valence-corrected chi connectivity index (χ0v) is 5.51. The molecule has 6 heteroatoms. The van der Waals surface area contributed by atoms with Gasteiger partial charge in [-0.1, -0.05) is 5.16 Å². The quantitative estimate of drug-likeness (QED) is 0.339. The van der Waals surface area contributed by atoms with Crippen LogP contribution in [0, 0.1) is 0 Å². The summed E-state index contributed by atoms with van der Waals surface area (Å²) in [6.45, 7) is 0. The van der Waals surface area contributed by atoms with E-state index in [1.54, 1.807) is 0 Å². The van der Waals surface area contributed by atoms with E-state index in [1.165, 1.54) is 19.0 Å². The van der Waals surface area contributed by atoms with Gasteiger partial charge in [0.15, 0.2) is 0 Å². The van der Waals surface area contributed by atoms with Crippen LogP contribution in [0.3, 0.4) is 0 Å². The molecule has 3 nitrogen and oxygen atoms in total. The number of rotatable bonds is 2. The number of alkyl halides is 3. The Morgan fingerprint density at radius 1 is 1.40 bits per heavy atom. The van der Waals surface area contributed by atoms with Crippen molar-refractivity contribution in [3.63, 3.8) is 0 Å². The van der Waals surface area contributed by atoms with Gasteiger partial charge in [-0.15, -0.1) is 13.2 Å². The summed E-state index contributed by atoms with van der Waals surface area (Å²) in [4.78, 5) is 4.39. The zero-order valence-electron chi connectivity index (χ0n) is 5.51. The number of nitrogens with zero attached hydrogens (tertiary/aromatic N) is 2. The van der Waals surface area contributed by atoms with E-state index in [1.807, 2.05) is 0 Å². The maximum Gasteiger partial charge on any atom is 0.593 e. The molecular formula is C4H7F3N2O. The fourth-order valence-electron chi connectivity index (χ4n) is 0.178. The molecule has 0 saturated heterocycles. The molecule has 0 radical (unpaired) electrons. The molecule has 0 aliphatic heterocycles. The van der Waals surface area contributed by atoms with E-state index in [2.05, 4.69) is 9.99 Å². The van der Waals surface area contributed by atoms with Crippen molar-refractivity contribution in [2.24, 2.45) is 5.16 Å². The first-order valence-corrected chi connectivity index (χ1v) is 2.36. The van der Waals surface area contributed by atoms with Crippen molar-refractivity contribution in [1.29, 1.82) is 0 Å². The second-order valence-electron chi connectivity index (χ2n) is 1.72. The van der Waals surface area contributed by atoms with Crippen LogP contribution in [0.5, 0.6) is 0 Å². The van der Waals surface area contributed by atoms with Gasteiger partial charge in [-0.05, 0) is 0 Å². The summed E-state index contributed by atoms with van der Waals surface area (Å²) < 4.78 is 33.5. The Morgan fingerprint density at radius 2 is 1.90 bits per heavy atom. The predicted octanol–water partition coefficient (Wildman–Crippen LogP) is 1.03. The number of halogens is 3. The highest BCUT2D eigenvalue weighted by atomic mass is 19.4. The Kier molecular flexibility index (Phi) is 2.98. The van der Waals surface area contributed by atoms with Gasteiger partial charge in [0.1, 0.15) is 6.34 Å². The van der Waals surface area contributed by atoms with Gasteiger partial charge in [0.25, 0.3) is 0 Å². The molecule has 0 aliphatic rings. The van der Waals surface area contributed by atoms with Gasteiger partial charge in [0, 0.05) is 14.1 Å². The highest BCUT2D eigenvalue weighted by molar-refractivity contribution is 5.52. The first-order valence-electron chi connectivity index (χ1n) is 2.36. The molecule has 0 saturated carbocycles. The number of hydrogen-bond acceptors (Lipinski definition) is 2. The first kappa shape index (κ1) is 9.06. The SMILES string of the molecule is CN(C)/C=N\OC(F)(F)F. The lowest BCUT2D eigenvalue weighted by atomic mass is 11.0. The smallest absolute Gasteiger partial charge is 0.366 e. The Hall–Kier alpha value is -0.940. The summed E-state index contributed by atoms with van der Waals surface area (Å²) >= 11 is 0. The third-order valence-corrected chi connectivity index (χ3v) is 0.434. The molecule has 0 spiro atoms. The van der Waals surface area contributed by atoms with Crippen molar-refractivity contribution in [3.8, 4) is 0 Å². The Morgan fingerprint density at radius 3 is 2.20 bits per heavy atom. The van der Waals surface area contributed by atoms with Gasteiger partial charge in [0.05, 0.1) is 0 Å². The molecule has 0 unspecified atom stereocenters. The van der Waals surface area contributed by atoms with Crippen molar-refractivity contribution in [3.05, 3.63) is 0 Å². The molecule has 0 heterocycles. The molecule has 0 bridgehead atoms. The largest absolute Gasteiger partial charge is 0.593 e. The molecule has 0 rings (SSSR count). The second kappa shape index (κ2) is 3.28. The van der Waals surface area contributed by atoms with Crippen molar-refractivity contribution in [2.75, 3.05) is 14.1 Å². The van der Waals surface area contributed by atoms with Crippen LogP contribution in [0.25, 0.3) is 0 Å². The Bertz CT molecular complexity index is 120. The highest BCUT2D eigenvalue weighted by Gasteiger charge is 2.30. The maximum absolute atomic E-state index is 11.2. The minimum Gasteiger partial charge on any atom is -0.366 e. The molecule has 0 atom stereocenters. The highest BCUT2D eigenvalue weighted by Crippen LogP contribution is 2.15. The van der Waals surface area contributed by atoms with Crippen molar-refractivity contribution < 1.29 is 18.0 Å².